The summed E-state index contributed by atoms with van der Waals surface area (Å²) in [6, 6.07) is 13.0. The number of rotatable bonds is 2. The van der Waals surface area contributed by atoms with Crippen LogP contribution in [0, 0.1) is 27.7 Å². The molecule has 3 nitrogen and oxygen atoms in total. The van der Waals surface area contributed by atoms with Gasteiger partial charge in [-0.3, -0.25) is 0 Å². The standard InChI is InChI=1S/C21H27N3S/c1-15-12-16(2)14-19(13-15)22-21(25)24-10-8-23(9-11-24)20-7-5-6-17(3)18(20)4/h5-7,12-14H,8-11H2,1-4H3,(H,22,25). The zero-order chi connectivity index (χ0) is 18.0. The Kier molecular flexibility index (Phi) is 5.28. The van der Waals surface area contributed by atoms with Gasteiger partial charge in [0.15, 0.2) is 5.11 Å². The maximum absolute atomic E-state index is 5.64. The number of benzene rings is 2. The molecule has 3 rings (SSSR count). The molecule has 1 N–H and O–H groups in total. The zero-order valence-electron chi connectivity index (χ0n) is 15.6. The van der Waals surface area contributed by atoms with Crippen LogP contribution in [-0.4, -0.2) is 36.2 Å². The first-order valence-electron chi connectivity index (χ1n) is 8.89. The van der Waals surface area contributed by atoms with Crippen LogP contribution in [0.3, 0.4) is 0 Å². The number of nitrogens with one attached hydrogen (secondary N) is 1. The Bertz CT molecular complexity index is 756. The third-order valence-corrected chi connectivity index (χ3v) is 5.32. The molecule has 1 fully saturated rings. The highest BCUT2D eigenvalue weighted by molar-refractivity contribution is 7.80. The van der Waals surface area contributed by atoms with Crippen molar-refractivity contribution < 1.29 is 0 Å². The average molecular weight is 354 g/mol. The van der Waals surface area contributed by atoms with Crippen LogP contribution in [0.5, 0.6) is 0 Å². The molecule has 0 amide bonds. The molecule has 0 saturated carbocycles. The first-order valence-corrected chi connectivity index (χ1v) is 9.30. The summed E-state index contributed by atoms with van der Waals surface area (Å²) in [6.45, 7) is 12.5. The van der Waals surface area contributed by atoms with Crippen molar-refractivity contribution in [3.63, 3.8) is 0 Å². The van der Waals surface area contributed by atoms with Gasteiger partial charge in [-0.1, -0.05) is 18.2 Å². The van der Waals surface area contributed by atoms with Gasteiger partial charge in [-0.05, 0) is 80.4 Å². The van der Waals surface area contributed by atoms with Crippen LogP contribution < -0.4 is 10.2 Å². The maximum atomic E-state index is 5.64. The van der Waals surface area contributed by atoms with Gasteiger partial charge in [0.2, 0.25) is 0 Å². The summed E-state index contributed by atoms with van der Waals surface area (Å²) < 4.78 is 0. The summed E-state index contributed by atoms with van der Waals surface area (Å²) in [5, 5.41) is 4.23. The molecule has 0 radical (unpaired) electrons. The number of aryl methyl sites for hydroxylation is 3. The molecule has 0 atom stereocenters. The Labute approximate surface area is 156 Å². The SMILES string of the molecule is Cc1cc(C)cc(NC(=S)N2CCN(c3cccc(C)c3C)CC2)c1. The van der Waals surface area contributed by atoms with E-state index >= 15 is 0 Å². The molecule has 0 aliphatic carbocycles. The van der Waals surface area contributed by atoms with Crippen LogP contribution in [0.4, 0.5) is 11.4 Å². The maximum Gasteiger partial charge on any atom is 0.173 e. The molecular weight excluding hydrogens is 326 g/mol. The van der Waals surface area contributed by atoms with Crippen molar-refractivity contribution in [2.75, 3.05) is 36.4 Å². The molecule has 25 heavy (non-hydrogen) atoms. The Morgan fingerprint density at radius 2 is 1.56 bits per heavy atom. The fourth-order valence-corrected chi connectivity index (χ4v) is 3.78. The van der Waals surface area contributed by atoms with E-state index in [1.54, 1.807) is 0 Å². The number of hydrogen-bond donors (Lipinski definition) is 1. The van der Waals surface area contributed by atoms with Gasteiger partial charge in [0.1, 0.15) is 0 Å². The lowest BCUT2D eigenvalue weighted by Gasteiger charge is -2.38. The fourth-order valence-electron chi connectivity index (χ4n) is 3.48. The summed E-state index contributed by atoms with van der Waals surface area (Å²) in [5.41, 5.74) is 7.68. The number of anilines is 2. The largest absolute Gasteiger partial charge is 0.368 e. The van der Waals surface area contributed by atoms with Gasteiger partial charge in [0.05, 0.1) is 0 Å². The average Bonchev–Trinajstić information content (AvgIpc) is 2.56. The molecule has 4 heteroatoms. The minimum Gasteiger partial charge on any atom is -0.368 e. The molecule has 0 unspecified atom stereocenters. The van der Waals surface area contributed by atoms with Gasteiger partial charge in [0, 0.05) is 37.6 Å². The van der Waals surface area contributed by atoms with Crippen LogP contribution in [0.15, 0.2) is 36.4 Å². The number of thiocarbonyl (C=S) groups is 1. The minimum absolute atomic E-state index is 0.825. The highest BCUT2D eigenvalue weighted by Crippen LogP contribution is 2.24. The van der Waals surface area contributed by atoms with Crippen molar-refractivity contribution in [1.29, 1.82) is 0 Å². The molecule has 0 aromatic heterocycles. The Morgan fingerprint density at radius 3 is 2.20 bits per heavy atom. The molecule has 2 aromatic rings. The number of piperazine rings is 1. The second-order valence-electron chi connectivity index (χ2n) is 7.00. The van der Waals surface area contributed by atoms with Crippen LogP contribution in [0.1, 0.15) is 22.3 Å². The predicted octanol–water partition coefficient (Wildman–Crippen LogP) is 4.44. The van der Waals surface area contributed by atoms with Crippen molar-refractivity contribution in [1.82, 2.24) is 4.90 Å². The van der Waals surface area contributed by atoms with Crippen LogP contribution >= 0.6 is 12.2 Å². The Balaban J connectivity index is 1.62. The second kappa shape index (κ2) is 7.44. The van der Waals surface area contributed by atoms with E-state index in [-0.39, 0.29) is 0 Å². The summed E-state index contributed by atoms with van der Waals surface area (Å²) in [6.07, 6.45) is 0. The quantitative estimate of drug-likeness (QED) is 0.804. The topological polar surface area (TPSA) is 18.5 Å². The number of hydrogen-bond acceptors (Lipinski definition) is 2. The smallest absolute Gasteiger partial charge is 0.173 e. The lowest BCUT2D eigenvalue weighted by Crippen LogP contribution is -2.50. The van der Waals surface area contributed by atoms with Gasteiger partial charge in [-0.25, -0.2) is 0 Å². The second-order valence-corrected chi connectivity index (χ2v) is 7.39. The van der Waals surface area contributed by atoms with Gasteiger partial charge in [0.25, 0.3) is 0 Å². The van der Waals surface area contributed by atoms with Crippen molar-refractivity contribution >= 4 is 28.7 Å². The minimum atomic E-state index is 0.825. The van der Waals surface area contributed by atoms with Crippen molar-refractivity contribution in [2.45, 2.75) is 27.7 Å². The first-order chi connectivity index (χ1) is 11.9. The Hall–Kier alpha value is -2.07. The van der Waals surface area contributed by atoms with Crippen molar-refractivity contribution in [3.8, 4) is 0 Å². The normalized spacial score (nSPS) is 14.6. The van der Waals surface area contributed by atoms with Crippen molar-refractivity contribution in [2.24, 2.45) is 0 Å². The molecular formula is C21H27N3S. The zero-order valence-corrected chi connectivity index (χ0v) is 16.4. The molecule has 2 aromatic carbocycles. The molecule has 1 heterocycles. The summed E-state index contributed by atoms with van der Waals surface area (Å²) >= 11 is 5.64. The third-order valence-electron chi connectivity index (χ3n) is 4.96. The van der Waals surface area contributed by atoms with Crippen LogP contribution in [0.2, 0.25) is 0 Å². The molecule has 132 valence electrons. The van der Waals surface area contributed by atoms with E-state index in [0.717, 1.165) is 37.0 Å². The van der Waals surface area contributed by atoms with E-state index in [9.17, 15) is 0 Å². The first kappa shape index (κ1) is 17.7. The molecule has 1 saturated heterocycles. The molecule has 0 bridgehead atoms. The van der Waals surface area contributed by atoms with Gasteiger partial charge < -0.3 is 15.1 Å². The van der Waals surface area contributed by atoms with E-state index in [4.69, 9.17) is 12.2 Å². The molecule has 1 aliphatic rings. The predicted molar refractivity (Wildman–Crippen MR) is 112 cm³/mol. The highest BCUT2D eigenvalue weighted by atomic mass is 32.1. The fraction of sp³-hybridized carbons (Fsp3) is 0.381. The third kappa shape index (κ3) is 4.13. The van der Waals surface area contributed by atoms with E-state index in [2.05, 4.69) is 79.2 Å². The summed E-state index contributed by atoms with van der Waals surface area (Å²) in [4.78, 5) is 4.74. The monoisotopic (exact) mass is 353 g/mol. The Morgan fingerprint density at radius 1 is 0.920 bits per heavy atom. The van der Waals surface area contributed by atoms with Crippen LogP contribution in [0.25, 0.3) is 0 Å². The van der Waals surface area contributed by atoms with Crippen molar-refractivity contribution in [3.05, 3.63) is 58.7 Å². The van der Waals surface area contributed by atoms with E-state index < -0.39 is 0 Å². The molecule has 1 aliphatic heterocycles. The van der Waals surface area contributed by atoms with E-state index in [1.165, 1.54) is 27.9 Å². The van der Waals surface area contributed by atoms with Gasteiger partial charge >= 0.3 is 0 Å². The summed E-state index contributed by atoms with van der Waals surface area (Å²) in [7, 11) is 0. The highest BCUT2D eigenvalue weighted by Gasteiger charge is 2.20. The lowest BCUT2D eigenvalue weighted by atomic mass is 10.1. The lowest BCUT2D eigenvalue weighted by molar-refractivity contribution is 0.390. The number of nitrogens with zero attached hydrogens (tertiary/aromatic N) is 2. The van der Waals surface area contributed by atoms with Gasteiger partial charge in [-0.15, -0.1) is 0 Å². The van der Waals surface area contributed by atoms with Crippen LogP contribution in [-0.2, 0) is 0 Å². The molecule has 0 spiro atoms. The summed E-state index contributed by atoms with van der Waals surface area (Å²) in [5.74, 6) is 0. The van der Waals surface area contributed by atoms with E-state index in [0.29, 0.717) is 0 Å². The van der Waals surface area contributed by atoms with E-state index in [1.807, 2.05) is 0 Å². The van der Waals surface area contributed by atoms with Gasteiger partial charge in [-0.2, -0.15) is 0 Å².